The predicted octanol–water partition coefficient (Wildman–Crippen LogP) is 3.78. The molecule has 0 radical (unpaired) electrons. The van der Waals surface area contributed by atoms with E-state index in [4.69, 9.17) is 0 Å². The first-order valence-corrected chi connectivity index (χ1v) is 4.52. The highest BCUT2D eigenvalue weighted by atomic mass is 14.1. The Kier molecular flexibility index (Phi) is 4.74. The van der Waals surface area contributed by atoms with Crippen LogP contribution in [-0.4, -0.2) is 0 Å². The fraction of sp³-hybridized carbons (Fsp3) is 0.667. The molecule has 0 aliphatic rings. The highest BCUT2D eigenvalue weighted by molar-refractivity contribution is 5.03. The molecule has 0 nitrogen and oxygen atoms in total. The van der Waals surface area contributed by atoms with Gasteiger partial charge in [-0.1, -0.05) is 26.3 Å². The molecule has 0 saturated carbocycles. The smallest absolute Gasteiger partial charge is 0.0137 e. The van der Waals surface area contributed by atoms with Crippen LogP contribution in [-0.2, 0) is 0 Å². The van der Waals surface area contributed by atoms with E-state index in [2.05, 4.69) is 39.2 Å². The molecule has 0 spiro atoms. The Morgan fingerprint density at radius 2 is 1.83 bits per heavy atom. The zero-order chi connectivity index (χ0) is 9.61. The number of hydrogen-bond donors (Lipinski definition) is 0. The number of hydrogen-bond acceptors (Lipinski definition) is 0. The largest absolute Gasteiger partial charge is 0.103 e. The molecule has 0 fully saturated rings. The molecule has 0 unspecified atom stereocenters. The van der Waals surface area contributed by atoms with Gasteiger partial charge in [0.25, 0.3) is 0 Å². The second-order valence-corrected chi connectivity index (χ2v) is 4.55. The van der Waals surface area contributed by atoms with Gasteiger partial charge in [-0.2, -0.15) is 0 Å². The van der Waals surface area contributed by atoms with Gasteiger partial charge in [0, 0.05) is 12.8 Å². The van der Waals surface area contributed by atoms with E-state index in [1.54, 1.807) is 0 Å². The third kappa shape index (κ3) is 9.30. The average molecular weight is 164 g/mol. The molecule has 0 aromatic carbocycles. The molecule has 0 rings (SSSR count). The molecule has 0 heterocycles. The van der Waals surface area contributed by atoms with Crippen LogP contribution < -0.4 is 0 Å². The van der Waals surface area contributed by atoms with Gasteiger partial charge in [-0.05, 0) is 18.8 Å². The fourth-order valence-electron chi connectivity index (χ4n) is 0.692. The second-order valence-electron chi connectivity index (χ2n) is 4.55. The summed E-state index contributed by atoms with van der Waals surface area (Å²) in [7, 11) is 0. The Hall–Kier alpha value is -0.700. The maximum atomic E-state index is 3.83. The highest BCUT2D eigenvalue weighted by Crippen LogP contribution is 2.16. The number of rotatable bonds is 2. The standard InChI is InChI=1S/C12H20/c1-11(2)9-7-6-8-10-12(3,4)5/h1,7,9-10H2,2-5H3. The van der Waals surface area contributed by atoms with Crippen molar-refractivity contribution in [2.45, 2.75) is 47.0 Å². The molecular formula is C12H20. The van der Waals surface area contributed by atoms with Gasteiger partial charge in [-0.15, -0.1) is 18.4 Å². The Labute approximate surface area is 77.1 Å². The van der Waals surface area contributed by atoms with E-state index >= 15 is 0 Å². The zero-order valence-electron chi connectivity index (χ0n) is 8.83. The third-order valence-electron chi connectivity index (χ3n) is 1.42. The van der Waals surface area contributed by atoms with E-state index in [-0.39, 0.29) is 0 Å². The van der Waals surface area contributed by atoms with E-state index in [9.17, 15) is 0 Å². The monoisotopic (exact) mass is 164 g/mol. The summed E-state index contributed by atoms with van der Waals surface area (Å²) in [6.07, 6.45) is 2.99. The summed E-state index contributed by atoms with van der Waals surface area (Å²) in [6, 6.07) is 0. The van der Waals surface area contributed by atoms with Crippen molar-refractivity contribution in [3.05, 3.63) is 12.2 Å². The van der Waals surface area contributed by atoms with Crippen molar-refractivity contribution >= 4 is 0 Å². The summed E-state index contributed by atoms with van der Waals surface area (Å²) in [6.45, 7) is 12.5. The van der Waals surface area contributed by atoms with Crippen LogP contribution in [0.4, 0.5) is 0 Å². The lowest BCUT2D eigenvalue weighted by molar-refractivity contribution is 0.427. The molecule has 0 aromatic rings. The minimum Gasteiger partial charge on any atom is -0.103 e. The molecule has 0 N–H and O–H groups in total. The van der Waals surface area contributed by atoms with Crippen LogP contribution in [0.1, 0.15) is 47.0 Å². The van der Waals surface area contributed by atoms with Gasteiger partial charge < -0.3 is 0 Å². The molecule has 68 valence electrons. The van der Waals surface area contributed by atoms with Crippen LogP contribution in [0.5, 0.6) is 0 Å². The van der Waals surface area contributed by atoms with Crippen molar-refractivity contribution in [2.24, 2.45) is 5.41 Å². The molecule has 0 bridgehead atoms. The Morgan fingerprint density at radius 1 is 1.25 bits per heavy atom. The molecule has 12 heavy (non-hydrogen) atoms. The lowest BCUT2D eigenvalue weighted by Crippen LogP contribution is -2.01. The van der Waals surface area contributed by atoms with Crippen molar-refractivity contribution in [1.82, 2.24) is 0 Å². The van der Waals surface area contributed by atoms with Crippen LogP contribution in [0.15, 0.2) is 12.2 Å². The Morgan fingerprint density at radius 3 is 2.25 bits per heavy atom. The van der Waals surface area contributed by atoms with Crippen molar-refractivity contribution < 1.29 is 0 Å². The average Bonchev–Trinajstić information content (AvgIpc) is 1.83. The van der Waals surface area contributed by atoms with E-state index in [0.29, 0.717) is 5.41 Å². The summed E-state index contributed by atoms with van der Waals surface area (Å²) in [4.78, 5) is 0. The summed E-state index contributed by atoms with van der Waals surface area (Å²) in [5, 5.41) is 0. The first kappa shape index (κ1) is 11.3. The van der Waals surface area contributed by atoms with Crippen LogP contribution in [0.3, 0.4) is 0 Å². The van der Waals surface area contributed by atoms with Crippen LogP contribution in [0.2, 0.25) is 0 Å². The van der Waals surface area contributed by atoms with Gasteiger partial charge in [0.2, 0.25) is 0 Å². The molecule has 0 atom stereocenters. The summed E-state index contributed by atoms with van der Waals surface area (Å²) >= 11 is 0. The van der Waals surface area contributed by atoms with Gasteiger partial charge in [0.15, 0.2) is 0 Å². The first-order valence-electron chi connectivity index (χ1n) is 4.52. The zero-order valence-corrected chi connectivity index (χ0v) is 8.83. The van der Waals surface area contributed by atoms with E-state index in [0.717, 1.165) is 19.3 Å². The minimum atomic E-state index is 0.343. The van der Waals surface area contributed by atoms with E-state index in [1.807, 2.05) is 6.92 Å². The maximum absolute atomic E-state index is 3.83. The Balaban J connectivity index is 3.55. The summed E-state index contributed by atoms with van der Waals surface area (Å²) < 4.78 is 0. The summed E-state index contributed by atoms with van der Waals surface area (Å²) in [5.74, 6) is 6.35. The number of allylic oxidation sites excluding steroid dienone is 1. The summed E-state index contributed by atoms with van der Waals surface area (Å²) in [5.41, 5.74) is 1.57. The highest BCUT2D eigenvalue weighted by Gasteiger charge is 2.06. The third-order valence-corrected chi connectivity index (χ3v) is 1.42. The van der Waals surface area contributed by atoms with Gasteiger partial charge in [-0.25, -0.2) is 0 Å². The fourth-order valence-corrected chi connectivity index (χ4v) is 0.692. The lowest BCUT2D eigenvalue weighted by Gasteiger charge is -2.12. The van der Waals surface area contributed by atoms with Gasteiger partial charge >= 0.3 is 0 Å². The predicted molar refractivity (Wildman–Crippen MR) is 55.9 cm³/mol. The normalized spacial score (nSPS) is 10.3. The van der Waals surface area contributed by atoms with Crippen molar-refractivity contribution in [3.8, 4) is 11.8 Å². The minimum absolute atomic E-state index is 0.343. The van der Waals surface area contributed by atoms with Crippen LogP contribution in [0, 0.1) is 17.3 Å². The topological polar surface area (TPSA) is 0 Å². The molecule has 0 aliphatic heterocycles. The molecule has 0 amide bonds. The van der Waals surface area contributed by atoms with Crippen molar-refractivity contribution in [3.63, 3.8) is 0 Å². The van der Waals surface area contributed by atoms with Gasteiger partial charge in [0.05, 0.1) is 0 Å². The van der Waals surface area contributed by atoms with E-state index in [1.165, 1.54) is 5.57 Å². The maximum Gasteiger partial charge on any atom is 0.0137 e. The molecule has 0 aromatic heterocycles. The van der Waals surface area contributed by atoms with Gasteiger partial charge in [-0.3, -0.25) is 0 Å². The SMILES string of the molecule is C=C(C)CCC#CCC(C)(C)C. The van der Waals surface area contributed by atoms with Crippen molar-refractivity contribution in [1.29, 1.82) is 0 Å². The molecule has 0 saturated heterocycles. The first-order chi connectivity index (χ1) is 5.42. The van der Waals surface area contributed by atoms with Crippen LogP contribution in [0.25, 0.3) is 0 Å². The molecular weight excluding hydrogens is 144 g/mol. The van der Waals surface area contributed by atoms with Crippen molar-refractivity contribution in [2.75, 3.05) is 0 Å². The van der Waals surface area contributed by atoms with Gasteiger partial charge in [0.1, 0.15) is 0 Å². The quantitative estimate of drug-likeness (QED) is 0.430. The second kappa shape index (κ2) is 5.04. The molecule has 0 aliphatic carbocycles. The lowest BCUT2D eigenvalue weighted by atomic mass is 9.93. The van der Waals surface area contributed by atoms with E-state index < -0.39 is 0 Å². The van der Waals surface area contributed by atoms with Crippen LogP contribution >= 0.6 is 0 Å². The Bertz CT molecular complexity index is 192. The molecule has 0 heteroatoms.